The number of aryl methyl sites for hydroxylation is 1. The lowest BCUT2D eigenvalue weighted by molar-refractivity contribution is 0.712. The van der Waals surface area contributed by atoms with E-state index in [2.05, 4.69) is 30.8 Å². The van der Waals surface area contributed by atoms with Crippen molar-refractivity contribution >= 4 is 29.9 Å². The average Bonchev–Trinajstić information content (AvgIpc) is 3.30. The summed E-state index contributed by atoms with van der Waals surface area (Å²) in [7, 11) is 1.96. The van der Waals surface area contributed by atoms with E-state index >= 15 is 0 Å². The summed E-state index contributed by atoms with van der Waals surface area (Å²) in [6, 6.07) is 6.40. The van der Waals surface area contributed by atoms with Gasteiger partial charge in [-0.25, -0.2) is 4.99 Å². The molecule has 3 rings (SSSR count). The zero-order valence-electron chi connectivity index (χ0n) is 13.4. The fraction of sp³-hybridized carbons (Fsp3) is 0.467. The van der Waals surface area contributed by atoms with Crippen LogP contribution in [0.1, 0.15) is 30.2 Å². The van der Waals surface area contributed by atoms with E-state index in [1.54, 1.807) is 6.20 Å². The van der Waals surface area contributed by atoms with Gasteiger partial charge in [0.05, 0.1) is 18.8 Å². The number of nitrogens with zero attached hydrogens (tertiary/aromatic N) is 5. The molecule has 2 N–H and O–H groups in total. The van der Waals surface area contributed by atoms with Crippen molar-refractivity contribution in [3.8, 4) is 0 Å². The molecule has 23 heavy (non-hydrogen) atoms. The maximum atomic E-state index is 4.60. The largest absolute Gasteiger partial charge is 0.354 e. The number of aromatic nitrogens is 4. The van der Waals surface area contributed by atoms with Gasteiger partial charge < -0.3 is 15.2 Å². The van der Waals surface area contributed by atoms with E-state index < -0.39 is 0 Å². The van der Waals surface area contributed by atoms with Crippen LogP contribution >= 0.6 is 24.0 Å². The van der Waals surface area contributed by atoms with Gasteiger partial charge >= 0.3 is 0 Å². The van der Waals surface area contributed by atoms with E-state index in [0.717, 1.165) is 23.3 Å². The molecule has 1 aliphatic carbocycles. The minimum absolute atomic E-state index is 0. The molecule has 0 unspecified atom stereocenters. The molecule has 0 aromatic carbocycles. The van der Waals surface area contributed by atoms with Crippen molar-refractivity contribution in [1.82, 2.24) is 30.4 Å². The maximum Gasteiger partial charge on any atom is 0.192 e. The van der Waals surface area contributed by atoms with Crippen molar-refractivity contribution in [3.05, 3.63) is 41.7 Å². The molecular formula is C15H22IN7. The third-order valence-electron chi connectivity index (χ3n) is 3.64. The molecule has 0 radical (unpaired) electrons. The van der Waals surface area contributed by atoms with Crippen LogP contribution in [0.4, 0.5) is 0 Å². The number of hydrogen-bond acceptors (Lipinski definition) is 4. The number of hydrogen-bond donors (Lipinski definition) is 2. The van der Waals surface area contributed by atoms with Crippen LogP contribution in [0.3, 0.4) is 0 Å². The van der Waals surface area contributed by atoms with Crippen LogP contribution in [0, 0.1) is 6.92 Å². The number of guanidine groups is 1. The van der Waals surface area contributed by atoms with Crippen LogP contribution in [0.5, 0.6) is 0 Å². The monoisotopic (exact) mass is 427 g/mol. The number of rotatable bonds is 5. The van der Waals surface area contributed by atoms with E-state index in [9.17, 15) is 0 Å². The zero-order chi connectivity index (χ0) is 15.4. The van der Waals surface area contributed by atoms with Gasteiger partial charge in [-0.15, -0.1) is 34.2 Å². The third-order valence-corrected chi connectivity index (χ3v) is 3.64. The minimum Gasteiger partial charge on any atom is -0.354 e. The molecule has 0 spiro atoms. The predicted molar refractivity (Wildman–Crippen MR) is 99.5 cm³/mol. The summed E-state index contributed by atoms with van der Waals surface area (Å²) in [6.45, 7) is 3.09. The third kappa shape index (κ3) is 5.15. The normalized spacial score (nSPS) is 14.3. The molecule has 1 aliphatic rings. The molecule has 2 aromatic rings. The summed E-state index contributed by atoms with van der Waals surface area (Å²) in [6.07, 6.45) is 4.19. The van der Waals surface area contributed by atoms with Crippen molar-refractivity contribution in [3.63, 3.8) is 0 Å². The van der Waals surface area contributed by atoms with E-state index in [0.29, 0.717) is 19.1 Å². The van der Waals surface area contributed by atoms with E-state index in [1.807, 2.05) is 36.7 Å². The summed E-state index contributed by atoms with van der Waals surface area (Å²) in [5, 5.41) is 15.0. The first-order chi connectivity index (χ1) is 10.7. The van der Waals surface area contributed by atoms with Crippen LogP contribution in [0.2, 0.25) is 0 Å². The highest BCUT2D eigenvalue weighted by Gasteiger charge is 2.22. The first-order valence-electron chi connectivity index (χ1n) is 7.52. The average molecular weight is 427 g/mol. The summed E-state index contributed by atoms with van der Waals surface area (Å²) in [4.78, 5) is 8.89. The smallest absolute Gasteiger partial charge is 0.192 e. The Bertz CT molecular complexity index is 649. The van der Waals surface area contributed by atoms with E-state index in [-0.39, 0.29) is 24.0 Å². The van der Waals surface area contributed by atoms with E-state index in [4.69, 9.17) is 0 Å². The lowest BCUT2D eigenvalue weighted by atomic mass is 10.3. The Morgan fingerprint density at radius 3 is 2.78 bits per heavy atom. The molecule has 8 heteroatoms. The summed E-state index contributed by atoms with van der Waals surface area (Å²) in [5.74, 6) is 2.59. The van der Waals surface area contributed by atoms with Gasteiger partial charge in [-0.1, -0.05) is 6.07 Å². The Morgan fingerprint density at radius 2 is 2.17 bits per heavy atom. The highest BCUT2D eigenvalue weighted by Crippen LogP contribution is 2.18. The van der Waals surface area contributed by atoms with E-state index in [1.165, 1.54) is 12.8 Å². The Labute approximate surface area is 153 Å². The summed E-state index contributed by atoms with van der Waals surface area (Å²) >= 11 is 0. The number of halogens is 1. The topological polar surface area (TPSA) is 80.0 Å². The highest BCUT2D eigenvalue weighted by atomic mass is 127. The Hall–Kier alpha value is -1.71. The minimum atomic E-state index is 0. The van der Waals surface area contributed by atoms with Crippen LogP contribution in [0.15, 0.2) is 29.4 Å². The van der Waals surface area contributed by atoms with Crippen LogP contribution in [-0.2, 0) is 20.1 Å². The lowest BCUT2D eigenvalue weighted by Gasteiger charge is -2.11. The molecule has 0 bridgehead atoms. The highest BCUT2D eigenvalue weighted by molar-refractivity contribution is 14.0. The van der Waals surface area contributed by atoms with Gasteiger partial charge in [-0.3, -0.25) is 4.98 Å². The van der Waals surface area contributed by atoms with Crippen molar-refractivity contribution in [2.45, 2.75) is 38.9 Å². The van der Waals surface area contributed by atoms with Crippen molar-refractivity contribution in [1.29, 1.82) is 0 Å². The Kier molecular flexibility index (Phi) is 6.31. The standard InChI is InChI=1S/C15H21N7.HI/c1-11-20-21-14(22(11)2)10-18-15(19-12-6-7-12)17-9-13-5-3-4-8-16-13;/h3-5,8,12H,6-7,9-10H2,1-2H3,(H2,17,18,19);1H. The van der Waals surface area contributed by atoms with Gasteiger partial charge in [0.1, 0.15) is 5.82 Å². The van der Waals surface area contributed by atoms with Gasteiger partial charge in [0.2, 0.25) is 0 Å². The van der Waals surface area contributed by atoms with Crippen LogP contribution in [-0.4, -0.2) is 31.7 Å². The van der Waals surface area contributed by atoms with Gasteiger partial charge in [-0.05, 0) is 31.9 Å². The van der Waals surface area contributed by atoms with Gasteiger partial charge in [0.15, 0.2) is 11.8 Å². The molecule has 0 amide bonds. The van der Waals surface area contributed by atoms with Crippen molar-refractivity contribution < 1.29 is 0 Å². The number of aliphatic imine (C=N–C) groups is 1. The fourth-order valence-electron chi connectivity index (χ4n) is 1.99. The molecule has 0 atom stereocenters. The van der Waals surface area contributed by atoms with Crippen molar-refractivity contribution in [2.75, 3.05) is 0 Å². The predicted octanol–water partition coefficient (Wildman–Crippen LogP) is 1.53. The fourth-order valence-corrected chi connectivity index (χ4v) is 1.99. The molecule has 0 saturated heterocycles. The second-order valence-electron chi connectivity index (χ2n) is 5.48. The van der Waals surface area contributed by atoms with Crippen LogP contribution < -0.4 is 10.6 Å². The quantitative estimate of drug-likeness (QED) is 0.430. The maximum absolute atomic E-state index is 4.60. The lowest BCUT2D eigenvalue weighted by Crippen LogP contribution is -2.38. The van der Waals surface area contributed by atoms with Gasteiger partial charge in [0, 0.05) is 19.3 Å². The van der Waals surface area contributed by atoms with Crippen molar-refractivity contribution in [2.24, 2.45) is 12.0 Å². The molecule has 124 valence electrons. The molecule has 2 heterocycles. The molecule has 2 aromatic heterocycles. The molecular weight excluding hydrogens is 405 g/mol. The second-order valence-corrected chi connectivity index (χ2v) is 5.48. The molecule has 1 fully saturated rings. The van der Waals surface area contributed by atoms with Gasteiger partial charge in [-0.2, -0.15) is 0 Å². The first-order valence-corrected chi connectivity index (χ1v) is 7.52. The number of pyridine rings is 1. The van der Waals surface area contributed by atoms with Gasteiger partial charge in [0.25, 0.3) is 0 Å². The molecule has 0 aliphatic heterocycles. The molecule has 1 saturated carbocycles. The Morgan fingerprint density at radius 1 is 1.35 bits per heavy atom. The Balaban J connectivity index is 0.00000192. The zero-order valence-corrected chi connectivity index (χ0v) is 15.7. The number of nitrogens with one attached hydrogen (secondary N) is 2. The second kappa shape index (κ2) is 8.23. The SMILES string of the molecule is Cc1nnc(CNC(=NCc2ccccn2)NC2CC2)n1C.I. The first kappa shape index (κ1) is 17.6. The summed E-state index contributed by atoms with van der Waals surface area (Å²) in [5.41, 5.74) is 0.953. The van der Waals surface area contributed by atoms with Crippen LogP contribution in [0.25, 0.3) is 0 Å². The molecule has 7 nitrogen and oxygen atoms in total. The summed E-state index contributed by atoms with van der Waals surface area (Å²) < 4.78 is 1.97.